The Kier molecular flexibility index (Phi) is 6.51. The van der Waals surface area contributed by atoms with E-state index in [0.29, 0.717) is 22.1 Å². The number of halogens is 1. The third-order valence-electron chi connectivity index (χ3n) is 6.34. The number of carbonyl (C=O) groups excluding carboxylic acids is 1. The normalized spacial score (nSPS) is 15.3. The molecule has 35 heavy (non-hydrogen) atoms. The van der Waals surface area contributed by atoms with Crippen molar-refractivity contribution in [3.05, 3.63) is 80.2 Å². The van der Waals surface area contributed by atoms with Crippen LogP contribution in [0.15, 0.2) is 52.4 Å². The van der Waals surface area contributed by atoms with Crippen LogP contribution in [0.4, 0.5) is 10.1 Å². The number of thiophene rings is 1. The highest BCUT2D eigenvalue weighted by atomic mass is 32.2. The number of rotatable bonds is 5. The number of hydrogen-bond donors (Lipinski definition) is 1. The second-order valence-electron chi connectivity index (χ2n) is 9.20. The van der Waals surface area contributed by atoms with Crippen LogP contribution in [0.25, 0.3) is 15.9 Å². The molecule has 0 fully saturated rings. The van der Waals surface area contributed by atoms with Crippen LogP contribution in [0, 0.1) is 25.6 Å². The molecule has 0 saturated heterocycles. The molecule has 0 spiro atoms. The van der Waals surface area contributed by atoms with Gasteiger partial charge in [0, 0.05) is 10.6 Å². The number of amides is 1. The smallest absolute Gasteiger partial charge is 0.267 e. The van der Waals surface area contributed by atoms with Gasteiger partial charge in [0.15, 0.2) is 5.16 Å². The molecule has 5 nitrogen and oxygen atoms in total. The number of anilines is 1. The number of carbonyl (C=O) groups is 1. The third kappa shape index (κ3) is 4.77. The number of aryl methyl sites for hydroxylation is 3. The number of fused-ring (bicyclic) bond motifs is 3. The molecule has 180 valence electrons. The van der Waals surface area contributed by atoms with E-state index in [1.165, 1.54) is 28.8 Å². The van der Waals surface area contributed by atoms with Crippen molar-refractivity contribution in [1.29, 1.82) is 0 Å². The molecule has 2 aromatic carbocycles. The highest BCUT2D eigenvalue weighted by Crippen LogP contribution is 2.37. The SMILES string of the molecule is Cc1ccc(C)c(-n2c(SCC(=O)Nc3cccc(F)c3)nc3sc4c(c3c2=O)CCC(C)C4)c1. The van der Waals surface area contributed by atoms with Gasteiger partial charge in [0.1, 0.15) is 10.6 Å². The zero-order chi connectivity index (χ0) is 24.7. The van der Waals surface area contributed by atoms with Crippen molar-refractivity contribution in [3.63, 3.8) is 0 Å². The molecule has 0 aliphatic heterocycles. The summed E-state index contributed by atoms with van der Waals surface area (Å²) in [5.41, 5.74) is 4.23. The first-order chi connectivity index (χ1) is 16.8. The van der Waals surface area contributed by atoms with E-state index in [1.807, 2.05) is 32.0 Å². The van der Waals surface area contributed by atoms with Crippen LogP contribution < -0.4 is 10.9 Å². The standard InChI is InChI=1S/C27H26FN3O2S2/c1-15-7-9-17(3)21(11-15)31-26(33)24-20-10-8-16(2)12-22(20)35-25(24)30-27(31)34-14-23(32)29-19-6-4-5-18(28)13-19/h4-7,9,11,13,16H,8,10,12,14H2,1-3H3,(H,29,32). The lowest BCUT2D eigenvalue weighted by Crippen LogP contribution is -2.24. The quantitative estimate of drug-likeness (QED) is 0.264. The van der Waals surface area contributed by atoms with Gasteiger partial charge in [0.2, 0.25) is 5.91 Å². The van der Waals surface area contributed by atoms with Crippen molar-refractivity contribution >= 4 is 44.9 Å². The van der Waals surface area contributed by atoms with Crippen LogP contribution >= 0.6 is 23.1 Å². The van der Waals surface area contributed by atoms with E-state index >= 15 is 0 Å². The molecule has 1 N–H and O–H groups in total. The maximum absolute atomic E-state index is 14.0. The van der Waals surface area contributed by atoms with Crippen LogP contribution in [0.3, 0.4) is 0 Å². The number of nitrogens with zero attached hydrogens (tertiary/aromatic N) is 2. The first-order valence-electron chi connectivity index (χ1n) is 11.6. The number of thioether (sulfide) groups is 1. The summed E-state index contributed by atoms with van der Waals surface area (Å²) in [7, 11) is 0. The summed E-state index contributed by atoms with van der Waals surface area (Å²) in [5.74, 6) is -0.0669. The maximum atomic E-state index is 14.0. The van der Waals surface area contributed by atoms with Crippen LogP contribution in [-0.4, -0.2) is 21.2 Å². The van der Waals surface area contributed by atoms with E-state index in [-0.39, 0.29) is 17.2 Å². The molecule has 0 radical (unpaired) electrons. The molecule has 0 bridgehead atoms. The second kappa shape index (κ2) is 9.59. The molecule has 0 saturated carbocycles. The lowest BCUT2D eigenvalue weighted by molar-refractivity contribution is -0.113. The van der Waals surface area contributed by atoms with Gasteiger partial charge in [-0.3, -0.25) is 14.2 Å². The van der Waals surface area contributed by atoms with Crippen LogP contribution in [-0.2, 0) is 17.6 Å². The zero-order valence-corrected chi connectivity index (χ0v) is 21.5. The van der Waals surface area contributed by atoms with Crippen molar-refractivity contribution < 1.29 is 9.18 Å². The molecule has 1 aliphatic rings. The van der Waals surface area contributed by atoms with Crippen LogP contribution in [0.5, 0.6) is 0 Å². The summed E-state index contributed by atoms with van der Waals surface area (Å²) >= 11 is 2.82. The van der Waals surface area contributed by atoms with E-state index in [0.717, 1.165) is 46.5 Å². The summed E-state index contributed by atoms with van der Waals surface area (Å²) in [4.78, 5) is 33.5. The van der Waals surface area contributed by atoms with Gasteiger partial charge < -0.3 is 5.32 Å². The maximum Gasteiger partial charge on any atom is 0.267 e. The average Bonchev–Trinajstić information content (AvgIpc) is 3.17. The molecule has 4 aromatic rings. The van der Waals surface area contributed by atoms with E-state index in [9.17, 15) is 14.0 Å². The number of aromatic nitrogens is 2. The van der Waals surface area contributed by atoms with E-state index in [4.69, 9.17) is 4.98 Å². The third-order valence-corrected chi connectivity index (χ3v) is 8.43. The van der Waals surface area contributed by atoms with Crippen LogP contribution in [0.2, 0.25) is 0 Å². The van der Waals surface area contributed by atoms with Crippen molar-refractivity contribution in [3.8, 4) is 5.69 Å². The number of benzene rings is 2. The largest absolute Gasteiger partial charge is 0.325 e. The topological polar surface area (TPSA) is 64.0 Å². The zero-order valence-electron chi connectivity index (χ0n) is 19.9. The summed E-state index contributed by atoms with van der Waals surface area (Å²) in [5, 5.41) is 3.91. The molecule has 8 heteroatoms. The van der Waals surface area contributed by atoms with E-state index in [1.54, 1.807) is 28.0 Å². The van der Waals surface area contributed by atoms with Gasteiger partial charge in [-0.05, 0) is 80.0 Å². The van der Waals surface area contributed by atoms with Gasteiger partial charge in [-0.25, -0.2) is 9.37 Å². The van der Waals surface area contributed by atoms with Gasteiger partial charge in [-0.1, -0.05) is 36.9 Å². The molecule has 2 aromatic heterocycles. The molecule has 1 unspecified atom stereocenters. The summed E-state index contributed by atoms with van der Waals surface area (Å²) in [6.07, 6.45) is 2.93. The second-order valence-corrected chi connectivity index (χ2v) is 11.2. The minimum absolute atomic E-state index is 0.0431. The Morgan fingerprint density at radius 3 is 2.89 bits per heavy atom. The fourth-order valence-corrected chi connectivity index (χ4v) is 6.76. The Hall–Kier alpha value is -2.97. The first-order valence-corrected chi connectivity index (χ1v) is 13.4. The van der Waals surface area contributed by atoms with E-state index in [2.05, 4.69) is 12.2 Å². The monoisotopic (exact) mass is 507 g/mol. The summed E-state index contributed by atoms with van der Waals surface area (Å²) in [6.45, 7) is 6.21. The highest BCUT2D eigenvalue weighted by molar-refractivity contribution is 7.99. The van der Waals surface area contributed by atoms with Gasteiger partial charge in [-0.2, -0.15) is 0 Å². The number of hydrogen-bond acceptors (Lipinski definition) is 5. The summed E-state index contributed by atoms with van der Waals surface area (Å²) < 4.78 is 15.2. The van der Waals surface area contributed by atoms with Gasteiger partial charge in [0.25, 0.3) is 5.56 Å². The molecule has 1 atom stereocenters. The highest BCUT2D eigenvalue weighted by Gasteiger charge is 2.26. The molecule has 1 aliphatic carbocycles. The lowest BCUT2D eigenvalue weighted by atomic mass is 9.89. The van der Waals surface area contributed by atoms with Crippen molar-refractivity contribution in [1.82, 2.24) is 9.55 Å². The van der Waals surface area contributed by atoms with Crippen molar-refractivity contribution in [2.75, 3.05) is 11.1 Å². The molecule has 5 rings (SSSR count). The summed E-state index contributed by atoms with van der Waals surface area (Å²) in [6, 6.07) is 11.8. The fourth-order valence-electron chi connectivity index (χ4n) is 4.53. The average molecular weight is 508 g/mol. The lowest BCUT2D eigenvalue weighted by Gasteiger charge is -2.18. The Labute approximate surface area is 211 Å². The van der Waals surface area contributed by atoms with Gasteiger partial charge in [-0.15, -0.1) is 11.3 Å². The van der Waals surface area contributed by atoms with Crippen LogP contribution in [0.1, 0.15) is 34.9 Å². The Balaban J connectivity index is 1.57. The molecular formula is C27H26FN3O2S2. The number of nitrogens with one attached hydrogen (secondary N) is 1. The minimum Gasteiger partial charge on any atom is -0.325 e. The Morgan fingerprint density at radius 1 is 1.26 bits per heavy atom. The van der Waals surface area contributed by atoms with Crippen molar-refractivity contribution in [2.24, 2.45) is 5.92 Å². The Bertz CT molecular complexity index is 1510. The molecule has 2 heterocycles. The Morgan fingerprint density at radius 2 is 2.09 bits per heavy atom. The molecular weight excluding hydrogens is 481 g/mol. The van der Waals surface area contributed by atoms with Crippen molar-refractivity contribution in [2.45, 2.75) is 45.2 Å². The molecule has 1 amide bonds. The van der Waals surface area contributed by atoms with E-state index < -0.39 is 5.82 Å². The minimum atomic E-state index is -0.415. The first kappa shape index (κ1) is 23.8. The predicted molar refractivity (Wildman–Crippen MR) is 142 cm³/mol. The fraction of sp³-hybridized carbons (Fsp3) is 0.296. The predicted octanol–water partition coefficient (Wildman–Crippen LogP) is 6.06. The van der Waals surface area contributed by atoms with Gasteiger partial charge >= 0.3 is 0 Å². The van der Waals surface area contributed by atoms with Gasteiger partial charge in [0.05, 0.1) is 16.8 Å².